The van der Waals surface area contributed by atoms with E-state index in [1.165, 1.54) is 25.3 Å². The highest BCUT2D eigenvalue weighted by molar-refractivity contribution is 5.67. The summed E-state index contributed by atoms with van der Waals surface area (Å²) in [5, 5.41) is 11.3. The van der Waals surface area contributed by atoms with Crippen molar-refractivity contribution in [3.8, 4) is 0 Å². The Balaban J connectivity index is 1.84. The fourth-order valence-corrected chi connectivity index (χ4v) is 7.48. The minimum atomic E-state index is -0.347. The highest BCUT2D eigenvalue weighted by Crippen LogP contribution is 2.70. The Bertz CT molecular complexity index is 660. The molecule has 1 spiro atoms. The molecular weight excluding hydrogens is 312 g/mol. The van der Waals surface area contributed by atoms with Crippen molar-refractivity contribution < 1.29 is 14.6 Å². The van der Waals surface area contributed by atoms with Crippen molar-refractivity contribution in [1.29, 1.82) is 0 Å². The SMILES string of the molecule is C=C1[C@@H]2CC=C3[C@](C2)(C[C@H](O)[C@@H]2C(C)(C)CCC[C@@]32C)[C@@H]1OC(C)=O. The first-order chi connectivity index (χ1) is 11.6. The smallest absolute Gasteiger partial charge is 0.303 e. The van der Waals surface area contributed by atoms with E-state index in [4.69, 9.17) is 4.74 Å². The molecule has 3 heteroatoms. The summed E-state index contributed by atoms with van der Waals surface area (Å²) in [4.78, 5) is 11.8. The zero-order valence-corrected chi connectivity index (χ0v) is 16.1. The molecule has 0 unspecified atom stereocenters. The third-order valence-electron chi connectivity index (χ3n) is 8.02. The number of hydrogen-bond donors (Lipinski definition) is 1. The van der Waals surface area contributed by atoms with Crippen LogP contribution in [0.1, 0.15) is 66.2 Å². The van der Waals surface area contributed by atoms with Gasteiger partial charge in [-0.25, -0.2) is 0 Å². The van der Waals surface area contributed by atoms with Crippen LogP contribution in [0.5, 0.6) is 0 Å². The molecule has 3 saturated carbocycles. The molecule has 0 aromatic heterocycles. The fourth-order valence-electron chi connectivity index (χ4n) is 7.48. The molecule has 0 aromatic carbocycles. The van der Waals surface area contributed by atoms with E-state index in [1.54, 1.807) is 0 Å². The van der Waals surface area contributed by atoms with Gasteiger partial charge in [-0.15, -0.1) is 0 Å². The molecule has 2 bridgehead atoms. The maximum absolute atomic E-state index is 11.8. The number of hydrogen-bond acceptors (Lipinski definition) is 3. The monoisotopic (exact) mass is 344 g/mol. The van der Waals surface area contributed by atoms with Crippen LogP contribution in [0.25, 0.3) is 0 Å². The topological polar surface area (TPSA) is 46.5 Å². The Morgan fingerprint density at radius 1 is 1.28 bits per heavy atom. The minimum absolute atomic E-state index is 0.00654. The van der Waals surface area contributed by atoms with Crippen molar-refractivity contribution in [3.63, 3.8) is 0 Å². The predicted octanol–water partition coefficient (Wildman–Crippen LogP) is 4.41. The molecule has 3 nitrogen and oxygen atoms in total. The van der Waals surface area contributed by atoms with Crippen molar-refractivity contribution in [2.24, 2.45) is 28.1 Å². The Kier molecular flexibility index (Phi) is 3.62. The van der Waals surface area contributed by atoms with Crippen LogP contribution >= 0.6 is 0 Å². The van der Waals surface area contributed by atoms with Gasteiger partial charge in [0.15, 0.2) is 0 Å². The first-order valence-electron chi connectivity index (χ1n) is 9.87. The molecule has 0 radical (unpaired) electrons. The highest BCUT2D eigenvalue weighted by atomic mass is 16.5. The zero-order valence-electron chi connectivity index (χ0n) is 16.1. The number of rotatable bonds is 1. The molecule has 4 rings (SSSR count). The van der Waals surface area contributed by atoms with Crippen molar-refractivity contribution in [2.75, 3.05) is 0 Å². The summed E-state index contributed by atoms with van der Waals surface area (Å²) in [7, 11) is 0. The summed E-state index contributed by atoms with van der Waals surface area (Å²) >= 11 is 0. The Morgan fingerprint density at radius 3 is 2.68 bits per heavy atom. The van der Waals surface area contributed by atoms with Gasteiger partial charge >= 0.3 is 5.97 Å². The second-order valence-corrected chi connectivity index (χ2v) is 9.98. The second-order valence-electron chi connectivity index (χ2n) is 9.98. The summed E-state index contributed by atoms with van der Waals surface area (Å²) in [6.07, 6.45) is 8.01. The summed E-state index contributed by atoms with van der Waals surface area (Å²) in [6, 6.07) is 0. The molecule has 0 aromatic rings. The molecule has 0 amide bonds. The average molecular weight is 344 g/mol. The van der Waals surface area contributed by atoms with E-state index in [1.807, 2.05) is 0 Å². The maximum Gasteiger partial charge on any atom is 0.303 e. The van der Waals surface area contributed by atoms with Crippen LogP contribution in [0.4, 0.5) is 0 Å². The summed E-state index contributed by atoms with van der Waals surface area (Å²) in [5.74, 6) is 0.421. The quantitative estimate of drug-likeness (QED) is 0.566. The molecule has 4 aliphatic carbocycles. The minimum Gasteiger partial charge on any atom is -0.457 e. The van der Waals surface area contributed by atoms with Crippen LogP contribution in [-0.2, 0) is 9.53 Å². The summed E-state index contributed by atoms with van der Waals surface area (Å²) in [6.45, 7) is 12.8. The zero-order chi connectivity index (χ0) is 18.2. The first kappa shape index (κ1) is 17.3. The maximum atomic E-state index is 11.8. The fraction of sp³-hybridized carbons (Fsp3) is 0.773. The lowest BCUT2D eigenvalue weighted by Crippen LogP contribution is -2.59. The van der Waals surface area contributed by atoms with Crippen LogP contribution in [0.15, 0.2) is 23.8 Å². The number of ether oxygens (including phenoxy) is 1. The number of aliphatic hydroxyl groups excluding tert-OH is 1. The predicted molar refractivity (Wildman–Crippen MR) is 97.8 cm³/mol. The molecule has 1 N–H and O–H groups in total. The van der Waals surface area contributed by atoms with Gasteiger partial charge in [0.05, 0.1) is 6.10 Å². The van der Waals surface area contributed by atoms with E-state index in [-0.39, 0.29) is 40.3 Å². The van der Waals surface area contributed by atoms with Crippen molar-refractivity contribution in [3.05, 3.63) is 23.8 Å². The van der Waals surface area contributed by atoms with E-state index < -0.39 is 0 Å². The third kappa shape index (κ3) is 2.17. The Morgan fingerprint density at radius 2 is 2.00 bits per heavy atom. The number of carbonyl (C=O) groups is 1. The third-order valence-corrected chi connectivity index (χ3v) is 8.02. The van der Waals surface area contributed by atoms with Crippen LogP contribution in [0.3, 0.4) is 0 Å². The molecular formula is C22H32O3. The second kappa shape index (κ2) is 5.22. The Hall–Kier alpha value is -1.09. The van der Waals surface area contributed by atoms with Gasteiger partial charge < -0.3 is 9.84 Å². The molecule has 4 aliphatic rings. The lowest BCUT2D eigenvalue weighted by molar-refractivity contribution is -0.159. The van der Waals surface area contributed by atoms with Gasteiger partial charge in [0, 0.05) is 12.3 Å². The molecule has 25 heavy (non-hydrogen) atoms. The molecule has 6 atom stereocenters. The van der Waals surface area contributed by atoms with Crippen LogP contribution in [0, 0.1) is 28.1 Å². The van der Waals surface area contributed by atoms with Gasteiger partial charge in [0.1, 0.15) is 6.10 Å². The number of allylic oxidation sites excluding steroid dienone is 1. The van der Waals surface area contributed by atoms with Crippen LogP contribution < -0.4 is 0 Å². The normalized spacial score (nSPS) is 47.6. The van der Waals surface area contributed by atoms with Gasteiger partial charge in [-0.3, -0.25) is 4.79 Å². The highest BCUT2D eigenvalue weighted by Gasteiger charge is 2.66. The van der Waals surface area contributed by atoms with E-state index in [0.717, 1.165) is 24.8 Å². The summed E-state index contributed by atoms with van der Waals surface area (Å²) < 4.78 is 5.83. The molecule has 3 fully saturated rings. The number of carbonyl (C=O) groups excluding carboxylic acids is 1. The molecule has 0 saturated heterocycles. The van der Waals surface area contributed by atoms with E-state index >= 15 is 0 Å². The summed E-state index contributed by atoms with van der Waals surface area (Å²) in [5.41, 5.74) is 2.42. The van der Waals surface area contributed by atoms with Gasteiger partial charge in [-0.05, 0) is 60.3 Å². The van der Waals surface area contributed by atoms with Gasteiger partial charge in [0.2, 0.25) is 0 Å². The van der Waals surface area contributed by atoms with Crippen molar-refractivity contribution in [1.82, 2.24) is 0 Å². The largest absolute Gasteiger partial charge is 0.457 e. The number of aliphatic hydroxyl groups is 1. The van der Waals surface area contributed by atoms with Crippen LogP contribution in [-0.4, -0.2) is 23.3 Å². The van der Waals surface area contributed by atoms with Crippen LogP contribution in [0.2, 0.25) is 0 Å². The first-order valence-corrected chi connectivity index (χ1v) is 9.87. The van der Waals surface area contributed by atoms with Crippen molar-refractivity contribution in [2.45, 2.75) is 78.4 Å². The van der Waals surface area contributed by atoms with Gasteiger partial charge in [0.25, 0.3) is 0 Å². The average Bonchev–Trinajstić information content (AvgIpc) is 2.66. The molecule has 0 heterocycles. The van der Waals surface area contributed by atoms with E-state index in [2.05, 4.69) is 33.4 Å². The lowest BCUT2D eigenvalue weighted by atomic mass is 9.43. The Labute approximate surface area is 151 Å². The van der Waals surface area contributed by atoms with E-state index in [0.29, 0.717) is 12.3 Å². The van der Waals surface area contributed by atoms with Gasteiger partial charge in [-0.2, -0.15) is 0 Å². The van der Waals surface area contributed by atoms with E-state index in [9.17, 15) is 9.90 Å². The lowest BCUT2D eigenvalue weighted by Gasteiger charge is -2.62. The number of fused-ring (bicyclic) bond motifs is 3. The molecule has 0 aliphatic heterocycles. The van der Waals surface area contributed by atoms with Crippen molar-refractivity contribution >= 4 is 5.97 Å². The standard InChI is InChI=1S/C22H32O3/c1-13-15-7-8-17-21(5)10-6-9-20(3,4)18(21)16(24)12-22(17,11-15)19(13)25-14(2)23/h8,15-16,18-19,24H,1,6-7,9-12H2,2-5H3/t15-,16+,18-,19-,21+,22+/m1/s1. The number of esters is 1. The van der Waals surface area contributed by atoms with Gasteiger partial charge in [-0.1, -0.05) is 45.4 Å². The molecule has 138 valence electrons.